The zero-order chi connectivity index (χ0) is 14.5. The van der Waals surface area contributed by atoms with Gasteiger partial charge in [-0.1, -0.05) is 0 Å². The van der Waals surface area contributed by atoms with Gasteiger partial charge < -0.3 is 16.4 Å². The monoisotopic (exact) mass is 263 g/mol. The van der Waals surface area contributed by atoms with Crippen LogP contribution in [0.15, 0.2) is 24.3 Å². The lowest BCUT2D eigenvalue weighted by Gasteiger charge is -2.17. The lowest BCUT2D eigenvalue weighted by molar-refractivity contribution is -0.117. The smallest absolute Gasteiger partial charge is 0.251 e. The van der Waals surface area contributed by atoms with Crippen LogP contribution in [0.4, 0.5) is 5.69 Å². The molecule has 0 heterocycles. The normalized spacial score (nSPS) is 10.9. The molecule has 0 aliphatic heterocycles. The summed E-state index contributed by atoms with van der Waals surface area (Å²) in [4.78, 5) is 23.2. The Morgan fingerprint density at radius 2 is 1.79 bits per heavy atom. The number of nitrogens with two attached hydrogens (primary N) is 1. The lowest BCUT2D eigenvalue weighted by atomic mass is 10.0. The molecule has 0 fully saturated rings. The number of rotatable bonds is 5. The van der Waals surface area contributed by atoms with Gasteiger partial charge in [-0.05, 0) is 45.0 Å². The second kappa shape index (κ2) is 6.33. The Kier molecular flexibility index (Phi) is 5.06. The highest BCUT2D eigenvalue weighted by molar-refractivity contribution is 5.95. The van der Waals surface area contributed by atoms with Crippen LogP contribution < -0.4 is 16.4 Å². The third kappa shape index (κ3) is 5.52. The van der Waals surface area contributed by atoms with Crippen molar-refractivity contribution in [3.63, 3.8) is 0 Å². The lowest BCUT2D eigenvalue weighted by Crippen LogP contribution is -2.36. The molecule has 0 bridgehead atoms. The molecule has 4 N–H and O–H groups in total. The molecule has 0 saturated heterocycles. The van der Waals surface area contributed by atoms with Gasteiger partial charge in [0.2, 0.25) is 5.91 Å². The Bertz CT molecular complexity index is 447. The Labute approximate surface area is 113 Å². The molecule has 1 aromatic rings. The van der Waals surface area contributed by atoms with Crippen LogP contribution in [-0.2, 0) is 4.79 Å². The SMILES string of the molecule is CCNC(=O)c1ccc(NC(=O)CC(C)(C)N)cc1. The maximum atomic E-state index is 11.7. The fourth-order valence-electron chi connectivity index (χ4n) is 1.59. The molecule has 2 amide bonds. The van der Waals surface area contributed by atoms with Gasteiger partial charge in [-0.3, -0.25) is 9.59 Å². The van der Waals surface area contributed by atoms with Crippen LogP contribution in [0.2, 0.25) is 0 Å². The fourth-order valence-corrected chi connectivity index (χ4v) is 1.59. The van der Waals surface area contributed by atoms with Gasteiger partial charge in [-0.15, -0.1) is 0 Å². The van der Waals surface area contributed by atoms with E-state index in [2.05, 4.69) is 10.6 Å². The van der Waals surface area contributed by atoms with Crippen LogP contribution in [0.5, 0.6) is 0 Å². The predicted molar refractivity (Wildman–Crippen MR) is 76.0 cm³/mol. The number of nitrogens with one attached hydrogen (secondary N) is 2. The molecule has 0 spiro atoms. The number of carbonyl (C=O) groups excluding carboxylic acids is 2. The summed E-state index contributed by atoms with van der Waals surface area (Å²) in [7, 11) is 0. The fraction of sp³-hybridized carbons (Fsp3) is 0.429. The van der Waals surface area contributed by atoms with Crippen molar-refractivity contribution in [2.75, 3.05) is 11.9 Å². The van der Waals surface area contributed by atoms with Crippen LogP contribution in [-0.4, -0.2) is 23.9 Å². The first-order chi connectivity index (χ1) is 8.81. The molecular formula is C14H21N3O2. The molecule has 0 saturated carbocycles. The molecular weight excluding hydrogens is 242 g/mol. The van der Waals surface area contributed by atoms with E-state index < -0.39 is 5.54 Å². The van der Waals surface area contributed by atoms with E-state index in [-0.39, 0.29) is 18.2 Å². The van der Waals surface area contributed by atoms with Crippen molar-refractivity contribution in [3.05, 3.63) is 29.8 Å². The van der Waals surface area contributed by atoms with Gasteiger partial charge >= 0.3 is 0 Å². The number of benzene rings is 1. The number of hydrogen-bond acceptors (Lipinski definition) is 3. The first kappa shape index (κ1) is 15.2. The Balaban J connectivity index is 2.62. The van der Waals surface area contributed by atoms with E-state index >= 15 is 0 Å². The van der Waals surface area contributed by atoms with Gasteiger partial charge in [-0.25, -0.2) is 0 Å². The van der Waals surface area contributed by atoms with Crippen LogP contribution >= 0.6 is 0 Å². The van der Waals surface area contributed by atoms with Crippen molar-refractivity contribution in [3.8, 4) is 0 Å². The van der Waals surface area contributed by atoms with Crippen molar-refractivity contribution in [1.82, 2.24) is 5.32 Å². The zero-order valence-corrected chi connectivity index (χ0v) is 11.6. The zero-order valence-electron chi connectivity index (χ0n) is 11.6. The van der Waals surface area contributed by atoms with E-state index in [0.29, 0.717) is 17.8 Å². The standard InChI is InChI=1S/C14H21N3O2/c1-4-16-13(19)10-5-7-11(8-6-10)17-12(18)9-14(2,3)15/h5-8H,4,9,15H2,1-3H3,(H,16,19)(H,17,18). The van der Waals surface area contributed by atoms with Gasteiger partial charge in [0.1, 0.15) is 0 Å². The topological polar surface area (TPSA) is 84.2 Å². The number of amides is 2. The highest BCUT2D eigenvalue weighted by Crippen LogP contribution is 2.12. The Morgan fingerprint density at radius 3 is 2.26 bits per heavy atom. The molecule has 0 atom stereocenters. The Hall–Kier alpha value is -1.88. The van der Waals surface area contributed by atoms with Crippen molar-refractivity contribution in [2.45, 2.75) is 32.7 Å². The van der Waals surface area contributed by atoms with Gasteiger partial charge in [0.25, 0.3) is 5.91 Å². The van der Waals surface area contributed by atoms with E-state index in [4.69, 9.17) is 5.73 Å². The second-order valence-electron chi connectivity index (χ2n) is 5.15. The van der Waals surface area contributed by atoms with Crippen molar-refractivity contribution < 1.29 is 9.59 Å². The molecule has 5 heteroatoms. The molecule has 5 nitrogen and oxygen atoms in total. The van der Waals surface area contributed by atoms with Gasteiger partial charge in [-0.2, -0.15) is 0 Å². The molecule has 0 radical (unpaired) electrons. The average molecular weight is 263 g/mol. The minimum atomic E-state index is -0.537. The van der Waals surface area contributed by atoms with Gasteiger partial charge in [0.05, 0.1) is 0 Å². The first-order valence-corrected chi connectivity index (χ1v) is 6.29. The third-order valence-corrected chi connectivity index (χ3v) is 2.38. The number of carbonyl (C=O) groups is 2. The minimum absolute atomic E-state index is 0.122. The quantitative estimate of drug-likeness (QED) is 0.752. The van der Waals surface area contributed by atoms with Crippen LogP contribution in [0.25, 0.3) is 0 Å². The van der Waals surface area contributed by atoms with E-state index in [1.54, 1.807) is 38.1 Å². The van der Waals surface area contributed by atoms with E-state index in [1.165, 1.54) is 0 Å². The maximum Gasteiger partial charge on any atom is 0.251 e. The van der Waals surface area contributed by atoms with E-state index in [9.17, 15) is 9.59 Å². The van der Waals surface area contributed by atoms with Crippen molar-refractivity contribution >= 4 is 17.5 Å². The molecule has 0 aliphatic rings. The van der Waals surface area contributed by atoms with Crippen LogP contribution in [0.3, 0.4) is 0 Å². The molecule has 1 rings (SSSR count). The highest BCUT2D eigenvalue weighted by atomic mass is 16.2. The number of anilines is 1. The maximum absolute atomic E-state index is 11.7. The highest BCUT2D eigenvalue weighted by Gasteiger charge is 2.16. The number of hydrogen-bond donors (Lipinski definition) is 3. The van der Waals surface area contributed by atoms with Crippen LogP contribution in [0, 0.1) is 0 Å². The molecule has 104 valence electrons. The van der Waals surface area contributed by atoms with E-state index in [1.807, 2.05) is 6.92 Å². The summed E-state index contributed by atoms with van der Waals surface area (Å²) >= 11 is 0. The molecule has 0 unspecified atom stereocenters. The van der Waals surface area contributed by atoms with Gasteiger partial charge in [0.15, 0.2) is 0 Å². The molecule has 19 heavy (non-hydrogen) atoms. The summed E-state index contributed by atoms with van der Waals surface area (Å²) < 4.78 is 0. The molecule has 1 aromatic carbocycles. The predicted octanol–water partition coefficient (Wildman–Crippen LogP) is 1.50. The van der Waals surface area contributed by atoms with E-state index in [0.717, 1.165) is 0 Å². The van der Waals surface area contributed by atoms with Crippen LogP contribution in [0.1, 0.15) is 37.6 Å². The summed E-state index contributed by atoms with van der Waals surface area (Å²) in [6.45, 7) is 6.04. The largest absolute Gasteiger partial charge is 0.352 e. The first-order valence-electron chi connectivity index (χ1n) is 6.29. The van der Waals surface area contributed by atoms with Crippen molar-refractivity contribution in [1.29, 1.82) is 0 Å². The minimum Gasteiger partial charge on any atom is -0.352 e. The van der Waals surface area contributed by atoms with Crippen molar-refractivity contribution in [2.24, 2.45) is 5.73 Å². The summed E-state index contributed by atoms with van der Waals surface area (Å²) in [5.41, 5.74) is 6.46. The second-order valence-corrected chi connectivity index (χ2v) is 5.15. The Morgan fingerprint density at radius 1 is 1.21 bits per heavy atom. The molecule has 0 aromatic heterocycles. The molecule has 0 aliphatic carbocycles. The average Bonchev–Trinajstić information content (AvgIpc) is 2.27. The third-order valence-electron chi connectivity index (χ3n) is 2.38. The summed E-state index contributed by atoms with van der Waals surface area (Å²) in [6, 6.07) is 6.75. The summed E-state index contributed by atoms with van der Waals surface area (Å²) in [5.74, 6) is -0.262. The summed E-state index contributed by atoms with van der Waals surface area (Å²) in [5, 5.41) is 5.46. The van der Waals surface area contributed by atoms with Gasteiger partial charge in [0, 0.05) is 29.8 Å². The summed E-state index contributed by atoms with van der Waals surface area (Å²) in [6.07, 6.45) is 0.241.